The van der Waals surface area contributed by atoms with E-state index in [4.69, 9.17) is 11.6 Å². The molecule has 4 rings (SSSR count). The Morgan fingerprint density at radius 1 is 0.857 bits per heavy atom. The topological polar surface area (TPSA) is 78.5 Å². The van der Waals surface area contributed by atoms with Gasteiger partial charge in [-0.15, -0.1) is 0 Å². The minimum absolute atomic E-state index is 0.0537. The second-order valence-corrected chi connectivity index (χ2v) is 9.00. The third-order valence-corrected chi connectivity index (χ3v) is 6.43. The third kappa shape index (κ3) is 6.49. The van der Waals surface area contributed by atoms with E-state index in [0.717, 1.165) is 37.1 Å². The highest BCUT2D eigenvalue weighted by Crippen LogP contribution is 2.20. The lowest BCUT2D eigenvalue weighted by molar-refractivity contribution is -0.121. The fraction of sp³-hybridized carbons (Fsp3) is 0.250. The molecule has 3 amide bonds. The molecule has 1 heterocycles. The van der Waals surface area contributed by atoms with E-state index in [9.17, 15) is 14.4 Å². The Morgan fingerprint density at radius 2 is 1.51 bits per heavy atom. The number of nitrogens with zero attached hydrogens (tertiary/aromatic N) is 1. The third-order valence-electron chi connectivity index (χ3n) is 6.10. The summed E-state index contributed by atoms with van der Waals surface area (Å²) in [6.45, 7) is 1.95. The lowest BCUT2D eigenvalue weighted by Gasteiger charge is -2.19. The van der Waals surface area contributed by atoms with Crippen LogP contribution in [0.25, 0.3) is 0 Å². The van der Waals surface area contributed by atoms with Crippen molar-refractivity contribution in [2.45, 2.75) is 31.8 Å². The van der Waals surface area contributed by atoms with Gasteiger partial charge in [-0.25, -0.2) is 0 Å². The quantitative estimate of drug-likeness (QED) is 0.479. The first-order chi connectivity index (χ1) is 17.0. The molecule has 0 unspecified atom stereocenters. The number of likely N-dealkylation sites (tertiary alicyclic amines) is 1. The first kappa shape index (κ1) is 24.5. The van der Waals surface area contributed by atoms with Crippen LogP contribution in [0.2, 0.25) is 5.02 Å². The van der Waals surface area contributed by atoms with Crippen molar-refractivity contribution in [3.63, 3.8) is 0 Å². The van der Waals surface area contributed by atoms with Gasteiger partial charge in [-0.2, -0.15) is 0 Å². The average molecular weight is 490 g/mol. The van der Waals surface area contributed by atoms with Crippen LogP contribution < -0.4 is 10.6 Å². The van der Waals surface area contributed by atoms with Crippen LogP contribution in [0.1, 0.15) is 57.1 Å². The van der Waals surface area contributed by atoms with Gasteiger partial charge in [0.25, 0.3) is 11.8 Å². The fourth-order valence-electron chi connectivity index (χ4n) is 4.15. The zero-order chi connectivity index (χ0) is 24.6. The molecular formula is C28H28ClN3O3. The molecule has 6 nitrogen and oxygen atoms in total. The summed E-state index contributed by atoms with van der Waals surface area (Å²) in [7, 11) is 0. The van der Waals surface area contributed by atoms with Gasteiger partial charge < -0.3 is 15.5 Å². The molecule has 0 aliphatic carbocycles. The van der Waals surface area contributed by atoms with E-state index in [2.05, 4.69) is 10.6 Å². The molecule has 1 aliphatic rings. The molecule has 1 fully saturated rings. The fourth-order valence-corrected chi connectivity index (χ4v) is 4.37. The van der Waals surface area contributed by atoms with Crippen LogP contribution in [-0.4, -0.2) is 35.7 Å². The van der Waals surface area contributed by atoms with Crippen molar-refractivity contribution >= 4 is 29.3 Å². The number of benzene rings is 3. The zero-order valence-corrected chi connectivity index (χ0v) is 20.1. The smallest absolute Gasteiger partial charge is 0.253 e. The summed E-state index contributed by atoms with van der Waals surface area (Å²) in [6, 6.07) is 23.0. The largest absolute Gasteiger partial charge is 0.352 e. The van der Waals surface area contributed by atoms with Gasteiger partial charge in [-0.05, 0) is 48.2 Å². The number of carbonyl (C=O) groups excluding carboxylic acids is 3. The highest BCUT2D eigenvalue weighted by molar-refractivity contribution is 6.33. The number of nitrogens with one attached hydrogen (secondary N) is 2. The molecule has 2 N–H and O–H groups in total. The van der Waals surface area contributed by atoms with E-state index in [1.165, 1.54) is 0 Å². The molecular weight excluding hydrogens is 462 g/mol. The zero-order valence-electron chi connectivity index (χ0n) is 19.4. The van der Waals surface area contributed by atoms with Gasteiger partial charge in [0.1, 0.15) is 0 Å². The predicted octanol–water partition coefficient (Wildman–Crippen LogP) is 4.75. The first-order valence-corrected chi connectivity index (χ1v) is 12.1. The Labute approximate surface area is 210 Å². The van der Waals surface area contributed by atoms with E-state index >= 15 is 0 Å². The van der Waals surface area contributed by atoms with Crippen LogP contribution in [0.15, 0.2) is 78.9 Å². The average Bonchev–Trinajstić information content (AvgIpc) is 3.43. The van der Waals surface area contributed by atoms with Crippen molar-refractivity contribution in [3.05, 3.63) is 106 Å². The van der Waals surface area contributed by atoms with Crippen LogP contribution in [0.3, 0.4) is 0 Å². The molecule has 3 aromatic carbocycles. The number of amides is 3. The molecule has 180 valence electrons. The normalized spacial score (nSPS) is 13.8. The van der Waals surface area contributed by atoms with Gasteiger partial charge >= 0.3 is 0 Å². The highest BCUT2D eigenvalue weighted by atomic mass is 35.5. The van der Waals surface area contributed by atoms with Crippen molar-refractivity contribution in [1.29, 1.82) is 0 Å². The Kier molecular flexibility index (Phi) is 8.16. The van der Waals surface area contributed by atoms with Crippen LogP contribution in [0, 0.1) is 0 Å². The summed E-state index contributed by atoms with van der Waals surface area (Å²) >= 11 is 6.18. The molecule has 0 spiro atoms. The molecule has 0 radical (unpaired) electrons. The van der Waals surface area contributed by atoms with E-state index < -0.39 is 6.04 Å². The highest BCUT2D eigenvalue weighted by Gasteiger charge is 2.21. The monoisotopic (exact) mass is 489 g/mol. The maximum absolute atomic E-state index is 12.8. The molecule has 35 heavy (non-hydrogen) atoms. The van der Waals surface area contributed by atoms with Gasteiger partial charge in [0.2, 0.25) is 5.91 Å². The molecule has 0 saturated carbocycles. The predicted molar refractivity (Wildman–Crippen MR) is 136 cm³/mol. The molecule has 0 aromatic heterocycles. The summed E-state index contributed by atoms with van der Waals surface area (Å²) in [6.07, 6.45) is 2.18. The summed E-state index contributed by atoms with van der Waals surface area (Å²) in [4.78, 5) is 40.0. The summed E-state index contributed by atoms with van der Waals surface area (Å²) in [5, 5.41) is 6.21. The Hall–Kier alpha value is -3.64. The van der Waals surface area contributed by atoms with Crippen LogP contribution >= 0.6 is 11.6 Å². The molecule has 1 atom stereocenters. The van der Waals surface area contributed by atoms with Crippen molar-refractivity contribution in [3.8, 4) is 0 Å². The van der Waals surface area contributed by atoms with Gasteiger partial charge in [0.15, 0.2) is 0 Å². The second-order valence-electron chi connectivity index (χ2n) is 8.59. The Bertz CT molecular complexity index is 1180. The van der Waals surface area contributed by atoms with Crippen molar-refractivity contribution < 1.29 is 14.4 Å². The minimum atomic E-state index is -0.513. The van der Waals surface area contributed by atoms with Crippen LogP contribution in [-0.2, 0) is 11.3 Å². The second kappa shape index (κ2) is 11.7. The molecule has 0 bridgehead atoms. The SMILES string of the molecule is O=C(C[C@H](NC(=O)c1ccccc1Cl)c1ccccc1)NCc1ccc(C(=O)N2CCCC2)cc1. The maximum Gasteiger partial charge on any atom is 0.253 e. The number of halogens is 1. The standard InChI is InChI=1S/C28H28ClN3O3/c29-24-11-5-4-10-23(24)27(34)31-25(21-8-2-1-3-9-21)18-26(33)30-19-20-12-14-22(15-13-20)28(35)32-16-6-7-17-32/h1-5,8-15,25H,6-7,16-19H2,(H,30,33)(H,31,34)/t25-/m0/s1. The minimum Gasteiger partial charge on any atom is -0.352 e. The summed E-state index contributed by atoms with van der Waals surface area (Å²) < 4.78 is 0. The van der Waals surface area contributed by atoms with Gasteiger partial charge in [-0.1, -0.05) is 66.2 Å². The lowest BCUT2D eigenvalue weighted by Crippen LogP contribution is -2.33. The molecule has 3 aromatic rings. The number of hydrogen-bond acceptors (Lipinski definition) is 3. The van der Waals surface area contributed by atoms with Crippen molar-refractivity contribution in [2.75, 3.05) is 13.1 Å². The molecule has 1 saturated heterocycles. The number of carbonyl (C=O) groups is 3. The summed E-state index contributed by atoms with van der Waals surface area (Å²) in [5.41, 5.74) is 2.74. The van der Waals surface area contributed by atoms with Crippen molar-refractivity contribution in [1.82, 2.24) is 15.5 Å². The molecule has 7 heteroatoms. The van der Waals surface area contributed by atoms with Gasteiger partial charge in [-0.3, -0.25) is 14.4 Å². The van der Waals surface area contributed by atoms with E-state index in [-0.39, 0.29) is 24.1 Å². The number of hydrogen-bond donors (Lipinski definition) is 2. The van der Waals surface area contributed by atoms with Gasteiger partial charge in [0.05, 0.1) is 23.0 Å². The van der Waals surface area contributed by atoms with E-state index in [1.54, 1.807) is 36.4 Å². The maximum atomic E-state index is 12.8. The Morgan fingerprint density at radius 3 is 2.20 bits per heavy atom. The van der Waals surface area contributed by atoms with Crippen LogP contribution in [0.5, 0.6) is 0 Å². The lowest BCUT2D eigenvalue weighted by atomic mass is 10.0. The molecule has 1 aliphatic heterocycles. The Balaban J connectivity index is 1.37. The first-order valence-electron chi connectivity index (χ1n) is 11.8. The van der Waals surface area contributed by atoms with E-state index in [0.29, 0.717) is 22.7 Å². The van der Waals surface area contributed by atoms with Crippen LogP contribution in [0.4, 0.5) is 0 Å². The van der Waals surface area contributed by atoms with E-state index in [1.807, 2.05) is 47.4 Å². The van der Waals surface area contributed by atoms with Gasteiger partial charge in [0, 0.05) is 25.2 Å². The summed E-state index contributed by atoms with van der Waals surface area (Å²) in [5.74, 6) is -0.482. The van der Waals surface area contributed by atoms with Crippen molar-refractivity contribution in [2.24, 2.45) is 0 Å². The number of rotatable bonds is 8.